The molecule has 30 heavy (non-hydrogen) atoms. The van der Waals surface area contributed by atoms with E-state index in [1.807, 2.05) is 39.8 Å². The lowest BCUT2D eigenvalue weighted by Crippen LogP contribution is -2.32. The fourth-order valence-electron chi connectivity index (χ4n) is 3.42. The Morgan fingerprint density at radius 1 is 1.27 bits per heavy atom. The Balaban J connectivity index is 2.29. The summed E-state index contributed by atoms with van der Waals surface area (Å²) in [5, 5.41) is 19.0. The van der Waals surface area contributed by atoms with Crippen LogP contribution >= 0.6 is 0 Å². The molecule has 0 radical (unpaired) electrons. The summed E-state index contributed by atoms with van der Waals surface area (Å²) in [6.07, 6.45) is 2.37. The Hall–Kier alpha value is -2.38. The molecular formula is C23H34N2O5. The lowest BCUT2D eigenvalue weighted by Gasteiger charge is -2.30. The van der Waals surface area contributed by atoms with Gasteiger partial charge in [0.05, 0.1) is 23.6 Å². The van der Waals surface area contributed by atoms with E-state index in [0.717, 1.165) is 29.7 Å². The van der Waals surface area contributed by atoms with Gasteiger partial charge < -0.3 is 14.3 Å². The monoisotopic (exact) mass is 418 g/mol. The Kier molecular flexibility index (Phi) is 7.66. The minimum absolute atomic E-state index is 0.0502. The number of aryl methyl sites for hydroxylation is 1. The number of nitrogens with zero attached hydrogens (tertiary/aromatic N) is 1. The number of aliphatic hydroxyl groups is 1. The van der Waals surface area contributed by atoms with E-state index in [4.69, 9.17) is 14.4 Å². The maximum atomic E-state index is 11.4. The third-order valence-corrected chi connectivity index (χ3v) is 5.76. The first kappa shape index (κ1) is 23.9. The Morgan fingerprint density at radius 2 is 1.93 bits per heavy atom. The van der Waals surface area contributed by atoms with Crippen LogP contribution in [0.5, 0.6) is 5.75 Å². The van der Waals surface area contributed by atoms with Gasteiger partial charge in [0.1, 0.15) is 18.6 Å². The molecule has 1 aromatic heterocycles. The maximum Gasteiger partial charge on any atom is 0.249 e. The van der Waals surface area contributed by atoms with E-state index >= 15 is 0 Å². The summed E-state index contributed by atoms with van der Waals surface area (Å²) in [5.74, 6) is 0.739. The standard InChI is InChI=1S/C23H34N2O5/c1-7-23(8-2,21-24-17(13-30-21)12-20(27)25-28)16-9-10-18(15(3)11-16)29-14-19(26)22(4,5)6/h9-11,13,19,26,28H,7-8,12,14H2,1-6H3,(H,25,27). The largest absolute Gasteiger partial charge is 0.491 e. The zero-order valence-corrected chi connectivity index (χ0v) is 18.8. The number of carbonyl (C=O) groups is 1. The lowest BCUT2D eigenvalue weighted by molar-refractivity contribution is -0.128. The first-order chi connectivity index (χ1) is 14.1. The second-order valence-electron chi connectivity index (χ2n) is 8.82. The first-order valence-electron chi connectivity index (χ1n) is 10.4. The molecule has 2 rings (SSSR count). The Bertz CT molecular complexity index is 850. The van der Waals surface area contributed by atoms with Crippen molar-refractivity contribution in [3.05, 3.63) is 47.2 Å². The van der Waals surface area contributed by atoms with Crippen LogP contribution in [0.4, 0.5) is 0 Å². The molecule has 0 aliphatic rings. The van der Waals surface area contributed by atoms with Crippen LogP contribution < -0.4 is 10.2 Å². The molecule has 1 heterocycles. The number of nitrogens with one attached hydrogen (secondary N) is 1. The van der Waals surface area contributed by atoms with Crippen LogP contribution in [0.2, 0.25) is 0 Å². The van der Waals surface area contributed by atoms with Gasteiger partial charge in [0.15, 0.2) is 0 Å². The van der Waals surface area contributed by atoms with Crippen molar-refractivity contribution in [2.75, 3.05) is 6.61 Å². The van der Waals surface area contributed by atoms with Crippen molar-refractivity contribution in [3.8, 4) is 5.75 Å². The van der Waals surface area contributed by atoms with Crippen LogP contribution in [0, 0.1) is 12.3 Å². The van der Waals surface area contributed by atoms with Gasteiger partial charge in [-0.2, -0.15) is 0 Å². The number of hydrogen-bond acceptors (Lipinski definition) is 6. The first-order valence-corrected chi connectivity index (χ1v) is 10.4. The number of oxazole rings is 1. The van der Waals surface area contributed by atoms with Crippen molar-refractivity contribution in [1.29, 1.82) is 0 Å². The van der Waals surface area contributed by atoms with Gasteiger partial charge in [-0.1, -0.05) is 46.8 Å². The van der Waals surface area contributed by atoms with Crippen LogP contribution in [-0.2, 0) is 16.6 Å². The van der Waals surface area contributed by atoms with Crippen molar-refractivity contribution >= 4 is 5.91 Å². The van der Waals surface area contributed by atoms with Crippen LogP contribution in [0.3, 0.4) is 0 Å². The number of hydrogen-bond donors (Lipinski definition) is 3. The third kappa shape index (κ3) is 5.21. The molecule has 7 nitrogen and oxygen atoms in total. The second kappa shape index (κ2) is 9.62. The summed E-state index contributed by atoms with van der Waals surface area (Å²) >= 11 is 0. The van der Waals surface area contributed by atoms with Crippen LogP contribution in [0.1, 0.15) is 70.2 Å². The molecule has 0 fully saturated rings. The summed E-state index contributed by atoms with van der Waals surface area (Å²) in [7, 11) is 0. The highest BCUT2D eigenvalue weighted by Crippen LogP contribution is 2.40. The minimum Gasteiger partial charge on any atom is -0.491 e. The molecule has 1 atom stereocenters. The molecule has 0 spiro atoms. The summed E-state index contributed by atoms with van der Waals surface area (Å²) in [6.45, 7) is 12.3. The number of amides is 1. The molecule has 1 unspecified atom stereocenters. The maximum absolute atomic E-state index is 11.4. The van der Waals surface area contributed by atoms with Crippen LogP contribution in [0.15, 0.2) is 28.9 Å². The van der Waals surface area contributed by atoms with Crippen molar-refractivity contribution in [2.45, 2.75) is 72.3 Å². The highest BCUT2D eigenvalue weighted by atomic mass is 16.5. The number of benzene rings is 1. The van der Waals surface area contributed by atoms with E-state index in [1.54, 1.807) is 5.48 Å². The zero-order chi connectivity index (χ0) is 22.5. The SMILES string of the molecule is CCC(CC)(c1ccc(OCC(O)C(C)(C)C)c(C)c1)c1nc(CC(=O)NO)co1. The summed E-state index contributed by atoms with van der Waals surface area (Å²) in [4.78, 5) is 16.0. The Labute approximate surface area is 178 Å². The van der Waals surface area contributed by atoms with Crippen LogP contribution in [0.25, 0.3) is 0 Å². The molecule has 0 bridgehead atoms. The average molecular weight is 419 g/mol. The molecule has 1 aromatic carbocycles. The van der Waals surface area contributed by atoms with E-state index in [1.165, 1.54) is 6.26 Å². The van der Waals surface area contributed by atoms with Gasteiger partial charge in [0.2, 0.25) is 11.8 Å². The van der Waals surface area contributed by atoms with E-state index in [9.17, 15) is 9.90 Å². The van der Waals surface area contributed by atoms with Gasteiger partial charge in [-0.25, -0.2) is 10.5 Å². The Morgan fingerprint density at radius 3 is 2.47 bits per heavy atom. The van der Waals surface area contributed by atoms with E-state index < -0.39 is 17.4 Å². The number of rotatable bonds is 9. The summed E-state index contributed by atoms with van der Waals surface area (Å²) < 4.78 is 11.6. The molecule has 2 aromatic rings. The number of ether oxygens (including phenoxy) is 1. The second-order valence-corrected chi connectivity index (χ2v) is 8.82. The number of carbonyl (C=O) groups excluding carboxylic acids is 1. The van der Waals surface area contributed by atoms with Crippen molar-refractivity contribution in [3.63, 3.8) is 0 Å². The van der Waals surface area contributed by atoms with E-state index in [0.29, 0.717) is 11.6 Å². The molecule has 0 aliphatic carbocycles. The zero-order valence-electron chi connectivity index (χ0n) is 18.8. The minimum atomic E-state index is -0.566. The quantitative estimate of drug-likeness (QED) is 0.421. The average Bonchev–Trinajstić information content (AvgIpc) is 3.16. The van der Waals surface area contributed by atoms with Gasteiger partial charge in [-0.05, 0) is 42.4 Å². The molecule has 166 valence electrons. The van der Waals surface area contributed by atoms with E-state index in [2.05, 4.69) is 24.9 Å². The highest BCUT2D eigenvalue weighted by molar-refractivity contribution is 5.76. The predicted octanol–water partition coefficient (Wildman–Crippen LogP) is 3.92. The van der Waals surface area contributed by atoms with Crippen LogP contribution in [-0.4, -0.2) is 33.9 Å². The molecule has 0 saturated carbocycles. The van der Waals surface area contributed by atoms with Gasteiger partial charge in [0.25, 0.3) is 0 Å². The normalized spacial score (nSPS) is 13.2. The summed E-state index contributed by atoms with van der Waals surface area (Å²) in [6, 6.07) is 5.99. The fourth-order valence-corrected chi connectivity index (χ4v) is 3.42. The van der Waals surface area contributed by atoms with Gasteiger partial charge in [0, 0.05) is 0 Å². The molecule has 7 heteroatoms. The molecule has 1 amide bonds. The molecule has 3 N–H and O–H groups in total. The van der Waals surface area contributed by atoms with E-state index in [-0.39, 0.29) is 18.4 Å². The van der Waals surface area contributed by atoms with Gasteiger partial charge in [-0.3, -0.25) is 10.0 Å². The van der Waals surface area contributed by atoms with Gasteiger partial charge >= 0.3 is 0 Å². The molecular weight excluding hydrogens is 384 g/mol. The fraction of sp³-hybridized carbons (Fsp3) is 0.565. The lowest BCUT2D eigenvalue weighted by atomic mass is 9.75. The van der Waals surface area contributed by atoms with Crippen molar-refractivity contribution in [2.24, 2.45) is 5.41 Å². The number of aromatic nitrogens is 1. The number of aliphatic hydroxyl groups excluding tert-OH is 1. The molecule has 0 aliphatic heterocycles. The topological polar surface area (TPSA) is 105 Å². The summed E-state index contributed by atoms with van der Waals surface area (Å²) in [5.41, 5.74) is 3.40. The van der Waals surface area contributed by atoms with Crippen molar-refractivity contribution in [1.82, 2.24) is 10.5 Å². The van der Waals surface area contributed by atoms with Crippen molar-refractivity contribution < 1.29 is 24.3 Å². The third-order valence-electron chi connectivity index (χ3n) is 5.76. The highest BCUT2D eigenvalue weighted by Gasteiger charge is 2.36. The molecule has 0 saturated heterocycles. The van der Waals surface area contributed by atoms with Gasteiger partial charge in [-0.15, -0.1) is 0 Å². The smallest absolute Gasteiger partial charge is 0.249 e. The predicted molar refractivity (Wildman–Crippen MR) is 114 cm³/mol. The number of hydroxylamine groups is 1.